The lowest BCUT2D eigenvalue weighted by molar-refractivity contribution is -0.111. The molecule has 0 heterocycles. The fourth-order valence-electron chi connectivity index (χ4n) is 2.50. The number of nitrogens with one attached hydrogen (secondary N) is 2. The molecule has 2 N–H and O–H groups in total. The molecule has 0 aromatic heterocycles. The first-order valence-corrected chi connectivity index (χ1v) is 9.16. The molecule has 0 atom stereocenters. The lowest BCUT2D eigenvalue weighted by Gasteiger charge is -2.08. The van der Waals surface area contributed by atoms with Crippen LogP contribution in [0.5, 0.6) is 11.5 Å². The molecule has 0 unspecified atom stereocenters. The molecule has 0 fully saturated rings. The zero-order chi connectivity index (χ0) is 20.4. The van der Waals surface area contributed by atoms with E-state index in [1.54, 1.807) is 56.7 Å². The van der Waals surface area contributed by atoms with Crippen molar-refractivity contribution in [1.29, 1.82) is 0 Å². The Labute approximate surface area is 165 Å². The van der Waals surface area contributed by atoms with Crippen LogP contribution in [0.1, 0.15) is 35.7 Å². The van der Waals surface area contributed by atoms with Crippen LogP contribution >= 0.6 is 0 Å². The largest absolute Gasteiger partial charge is 0.493 e. The van der Waals surface area contributed by atoms with Gasteiger partial charge in [-0.25, -0.2) is 0 Å². The second kappa shape index (κ2) is 10.8. The average Bonchev–Trinajstić information content (AvgIpc) is 2.72. The van der Waals surface area contributed by atoms with Gasteiger partial charge in [0.25, 0.3) is 5.91 Å². The summed E-state index contributed by atoms with van der Waals surface area (Å²) in [6.07, 6.45) is 5.10. The van der Waals surface area contributed by atoms with Gasteiger partial charge < -0.3 is 20.1 Å². The van der Waals surface area contributed by atoms with Crippen molar-refractivity contribution in [3.8, 4) is 11.5 Å². The minimum Gasteiger partial charge on any atom is -0.493 e. The molecule has 148 valence electrons. The van der Waals surface area contributed by atoms with E-state index in [1.807, 2.05) is 6.07 Å². The van der Waals surface area contributed by atoms with Crippen molar-refractivity contribution in [2.45, 2.75) is 19.8 Å². The Kier molecular flexibility index (Phi) is 8.09. The van der Waals surface area contributed by atoms with Gasteiger partial charge in [-0.2, -0.15) is 0 Å². The monoisotopic (exact) mass is 382 g/mol. The van der Waals surface area contributed by atoms with Crippen LogP contribution in [0.3, 0.4) is 0 Å². The third-order valence-electron chi connectivity index (χ3n) is 4.07. The average molecular weight is 382 g/mol. The normalized spacial score (nSPS) is 10.5. The molecular formula is C22H26N2O4. The molecular weight excluding hydrogens is 356 g/mol. The predicted octanol–water partition coefficient (Wildman–Crippen LogP) is 3.89. The lowest BCUT2D eigenvalue weighted by atomic mass is 10.1. The summed E-state index contributed by atoms with van der Waals surface area (Å²) >= 11 is 0. The van der Waals surface area contributed by atoms with E-state index < -0.39 is 0 Å². The fraction of sp³-hybridized carbons (Fsp3) is 0.273. The highest BCUT2D eigenvalue weighted by Gasteiger charge is 2.06. The maximum absolute atomic E-state index is 12.1. The summed E-state index contributed by atoms with van der Waals surface area (Å²) in [6.45, 7) is 2.73. The Morgan fingerprint density at radius 3 is 2.36 bits per heavy atom. The Balaban J connectivity index is 1.94. The molecule has 0 bridgehead atoms. The topological polar surface area (TPSA) is 76.7 Å². The van der Waals surface area contributed by atoms with Crippen molar-refractivity contribution in [3.05, 3.63) is 59.7 Å². The van der Waals surface area contributed by atoms with Gasteiger partial charge in [0.05, 0.1) is 14.2 Å². The van der Waals surface area contributed by atoms with E-state index in [1.165, 1.54) is 6.08 Å². The molecule has 0 spiro atoms. The molecule has 0 aliphatic rings. The molecule has 2 aromatic carbocycles. The molecule has 2 amide bonds. The van der Waals surface area contributed by atoms with E-state index in [4.69, 9.17) is 9.47 Å². The van der Waals surface area contributed by atoms with Gasteiger partial charge >= 0.3 is 0 Å². The zero-order valence-corrected chi connectivity index (χ0v) is 16.5. The number of hydrogen-bond donors (Lipinski definition) is 2. The Bertz CT molecular complexity index is 829. The number of methoxy groups -OCH3 is 2. The number of carbonyl (C=O) groups excluding carboxylic acids is 2. The fourth-order valence-corrected chi connectivity index (χ4v) is 2.50. The first-order valence-electron chi connectivity index (χ1n) is 9.16. The molecule has 0 saturated carbocycles. The summed E-state index contributed by atoms with van der Waals surface area (Å²) < 4.78 is 10.4. The highest BCUT2D eigenvalue weighted by Crippen LogP contribution is 2.27. The number of amides is 2. The smallest absolute Gasteiger partial charge is 0.251 e. The first kappa shape index (κ1) is 21.0. The van der Waals surface area contributed by atoms with Gasteiger partial charge in [-0.05, 0) is 54.5 Å². The number of carbonyl (C=O) groups is 2. The maximum atomic E-state index is 12.1. The summed E-state index contributed by atoms with van der Waals surface area (Å²) in [5.41, 5.74) is 1.99. The molecule has 2 rings (SSSR count). The van der Waals surface area contributed by atoms with E-state index in [0.717, 1.165) is 18.4 Å². The molecule has 6 nitrogen and oxygen atoms in total. The summed E-state index contributed by atoms with van der Waals surface area (Å²) in [5.74, 6) is 0.843. The Hall–Kier alpha value is -3.28. The molecule has 6 heteroatoms. The van der Waals surface area contributed by atoms with Crippen molar-refractivity contribution in [2.75, 3.05) is 26.1 Å². The summed E-state index contributed by atoms with van der Waals surface area (Å²) in [5, 5.41) is 5.63. The number of unbranched alkanes of at least 4 members (excludes halogenated alkanes) is 1. The van der Waals surface area contributed by atoms with E-state index in [-0.39, 0.29) is 11.8 Å². The van der Waals surface area contributed by atoms with Crippen LogP contribution in [0.4, 0.5) is 5.69 Å². The number of ether oxygens (including phenoxy) is 2. The SMILES string of the molecule is CCCCNC(=O)c1ccc(NC(=O)/C=C/c2ccc(OC)c(OC)c2)cc1. The molecule has 0 aliphatic carbocycles. The van der Waals surface area contributed by atoms with Crippen molar-refractivity contribution in [2.24, 2.45) is 0 Å². The Morgan fingerprint density at radius 1 is 1.00 bits per heavy atom. The van der Waals surface area contributed by atoms with Crippen molar-refractivity contribution in [1.82, 2.24) is 5.32 Å². The third-order valence-corrected chi connectivity index (χ3v) is 4.07. The third kappa shape index (κ3) is 6.16. The number of anilines is 1. The second-order valence-electron chi connectivity index (χ2n) is 6.12. The summed E-state index contributed by atoms with van der Waals surface area (Å²) in [6, 6.07) is 12.2. The number of rotatable bonds is 9. The van der Waals surface area contributed by atoms with Gasteiger partial charge in [0.1, 0.15) is 0 Å². The second-order valence-corrected chi connectivity index (χ2v) is 6.12. The molecule has 28 heavy (non-hydrogen) atoms. The molecule has 2 aromatic rings. The van der Waals surface area contributed by atoms with Crippen LogP contribution in [0.25, 0.3) is 6.08 Å². The van der Waals surface area contributed by atoms with Crippen LogP contribution in [-0.4, -0.2) is 32.6 Å². The van der Waals surface area contributed by atoms with Crippen LogP contribution in [-0.2, 0) is 4.79 Å². The number of hydrogen-bond acceptors (Lipinski definition) is 4. The predicted molar refractivity (Wildman–Crippen MR) is 111 cm³/mol. The van der Waals surface area contributed by atoms with Gasteiger partial charge in [-0.3, -0.25) is 9.59 Å². The van der Waals surface area contributed by atoms with Gasteiger partial charge in [-0.1, -0.05) is 19.4 Å². The van der Waals surface area contributed by atoms with E-state index >= 15 is 0 Å². The quantitative estimate of drug-likeness (QED) is 0.510. The van der Waals surface area contributed by atoms with Crippen LogP contribution in [0, 0.1) is 0 Å². The molecule has 0 aliphatic heterocycles. The standard InChI is InChI=1S/C22H26N2O4/c1-4-5-14-23-22(26)17-8-10-18(11-9-17)24-21(25)13-7-16-6-12-19(27-2)20(15-16)28-3/h6-13,15H,4-5,14H2,1-3H3,(H,23,26)(H,24,25)/b13-7+. The van der Waals surface area contributed by atoms with Crippen LogP contribution in [0.15, 0.2) is 48.5 Å². The first-order chi connectivity index (χ1) is 13.6. The van der Waals surface area contributed by atoms with Crippen molar-refractivity contribution in [3.63, 3.8) is 0 Å². The number of benzene rings is 2. The van der Waals surface area contributed by atoms with Crippen LogP contribution in [0.2, 0.25) is 0 Å². The van der Waals surface area contributed by atoms with Crippen molar-refractivity contribution < 1.29 is 19.1 Å². The summed E-state index contributed by atoms with van der Waals surface area (Å²) in [4.78, 5) is 24.1. The van der Waals surface area contributed by atoms with Gasteiger partial charge in [0, 0.05) is 23.9 Å². The van der Waals surface area contributed by atoms with E-state index in [0.29, 0.717) is 29.3 Å². The van der Waals surface area contributed by atoms with Crippen molar-refractivity contribution >= 4 is 23.6 Å². The summed E-state index contributed by atoms with van der Waals surface area (Å²) in [7, 11) is 3.13. The minimum absolute atomic E-state index is 0.111. The minimum atomic E-state index is -0.269. The van der Waals surface area contributed by atoms with Gasteiger partial charge in [0.2, 0.25) is 5.91 Å². The molecule has 0 radical (unpaired) electrons. The zero-order valence-electron chi connectivity index (χ0n) is 16.5. The van der Waals surface area contributed by atoms with E-state index in [2.05, 4.69) is 17.6 Å². The van der Waals surface area contributed by atoms with Gasteiger partial charge in [-0.15, -0.1) is 0 Å². The lowest BCUT2D eigenvalue weighted by Crippen LogP contribution is -2.24. The van der Waals surface area contributed by atoms with Crippen LogP contribution < -0.4 is 20.1 Å². The highest BCUT2D eigenvalue weighted by atomic mass is 16.5. The Morgan fingerprint density at radius 2 is 1.71 bits per heavy atom. The molecule has 0 saturated heterocycles. The maximum Gasteiger partial charge on any atom is 0.251 e. The highest BCUT2D eigenvalue weighted by molar-refractivity contribution is 6.02. The van der Waals surface area contributed by atoms with Gasteiger partial charge in [0.15, 0.2) is 11.5 Å². The van der Waals surface area contributed by atoms with E-state index in [9.17, 15) is 9.59 Å².